The van der Waals surface area contributed by atoms with Gasteiger partial charge in [0.2, 0.25) is 11.9 Å². The normalized spacial score (nSPS) is 20.4. The van der Waals surface area contributed by atoms with Gasteiger partial charge < -0.3 is 20.4 Å². The summed E-state index contributed by atoms with van der Waals surface area (Å²) in [5.41, 5.74) is -0.279. The van der Waals surface area contributed by atoms with Gasteiger partial charge in [0.1, 0.15) is 0 Å². The summed E-state index contributed by atoms with van der Waals surface area (Å²) < 4.78 is 66.8. The summed E-state index contributed by atoms with van der Waals surface area (Å²) in [6.45, 7) is 1.05. The minimum Gasteiger partial charge on any atom is -0.350 e. The molecule has 42 heavy (non-hydrogen) atoms. The Hall–Kier alpha value is -3.35. The third-order valence-electron chi connectivity index (χ3n) is 8.25. The lowest BCUT2D eigenvalue weighted by atomic mass is 9.76. The molecule has 0 bridgehead atoms. The van der Waals surface area contributed by atoms with E-state index in [0.717, 1.165) is 32.4 Å². The van der Waals surface area contributed by atoms with E-state index in [9.17, 15) is 31.5 Å². The van der Waals surface area contributed by atoms with E-state index in [1.54, 1.807) is 36.2 Å². The van der Waals surface area contributed by atoms with Gasteiger partial charge in [-0.05, 0) is 82.4 Å². The molecule has 1 saturated carbocycles. The van der Waals surface area contributed by atoms with Crippen LogP contribution in [0.5, 0.6) is 0 Å². The van der Waals surface area contributed by atoms with Crippen molar-refractivity contribution < 1.29 is 31.5 Å². The third kappa shape index (κ3) is 8.14. The minimum absolute atomic E-state index is 0.0602. The van der Waals surface area contributed by atoms with Crippen LogP contribution in [0.2, 0.25) is 0 Å². The lowest BCUT2D eigenvalue weighted by Gasteiger charge is -2.35. The maximum absolute atomic E-state index is 13.9. The molecule has 13 heteroatoms. The molecule has 2 fully saturated rings. The van der Waals surface area contributed by atoms with Crippen LogP contribution in [0.25, 0.3) is 0 Å². The van der Waals surface area contributed by atoms with Crippen molar-refractivity contribution in [1.82, 2.24) is 25.1 Å². The Morgan fingerprint density at radius 2 is 1.74 bits per heavy atom. The Labute approximate surface area is 242 Å². The van der Waals surface area contributed by atoms with E-state index in [1.807, 2.05) is 0 Å². The molecule has 1 aromatic heterocycles. The molecule has 1 aromatic carbocycles. The van der Waals surface area contributed by atoms with Crippen LogP contribution >= 0.6 is 0 Å². The highest BCUT2D eigenvalue weighted by Gasteiger charge is 2.38. The van der Waals surface area contributed by atoms with Crippen LogP contribution in [-0.2, 0) is 17.4 Å². The number of nitrogens with one attached hydrogen (secondary N) is 2. The predicted octanol–water partition coefficient (Wildman–Crippen LogP) is 5.14. The number of carbonyl (C=O) groups is 2. The number of hydrogen-bond acceptors (Lipinski definition) is 6. The summed E-state index contributed by atoms with van der Waals surface area (Å²) in [4.78, 5) is 37.6. The number of amides is 2. The average Bonchev–Trinajstić information content (AvgIpc) is 2.96. The van der Waals surface area contributed by atoms with Crippen LogP contribution in [0.1, 0.15) is 60.1 Å². The van der Waals surface area contributed by atoms with Crippen molar-refractivity contribution in [2.75, 3.05) is 39.0 Å². The largest absolute Gasteiger partial charge is 0.419 e. The molecule has 1 saturated heterocycles. The van der Waals surface area contributed by atoms with Crippen LogP contribution in [0.15, 0.2) is 30.5 Å². The van der Waals surface area contributed by atoms with Gasteiger partial charge in [0, 0.05) is 36.5 Å². The zero-order valence-electron chi connectivity index (χ0n) is 23.8. The van der Waals surface area contributed by atoms with Crippen LogP contribution in [0.3, 0.4) is 0 Å². The minimum atomic E-state index is -4.71. The van der Waals surface area contributed by atoms with Crippen molar-refractivity contribution in [2.45, 2.75) is 63.6 Å². The van der Waals surface area contributed by atoms with Gasteiger partial charge in [-0.2, -0.15) is 13.2 Å². The summed E-state index contributed by atoms with van der Waals surface area (Å²) in [6.07, 6.45) is -2.75. The summed E-state index contributed by atoms with van der Waals surface area (Å²) in [5.74, 6) is -1.90. The summed E-state index contributed by atoms with van der Waals surface area (Å²) in [7, 11) is 3.85. The van der Waals surface area contributed by atoms with Crippen LogP contribution < -0.4 is 10.6 Å². The first-order valence-electron chi connectivity index (χ1n) is 14.2. The highest BCUT2D eigenvalue weighted by Crippen LogP contribution is 2.37. The number of piperidine rings is 1. The molecule has 4 rings (SSSR count). The van der Waals surface area contributed by atoms with E-state index in [4.69, 9.17) is 0 Å². The SMILES string of the molecule is CN1CCC(N(C)C(=O)c2ccc(Nc3ncc(C(F)(F)F)c(C[C@@H]4CCCC[C@@H]4C(=O)NCC(F)F)n3)cc2)CC1. The number of likely N-dealkylation sites (tertiary alicyclic amines) is 1. The van der Waals surface area contributed by atoms with Crippen molar-refractivity contribution in [3.8, 4) is 0 Å². The van der Waals surface area contributed by atoms with Gasteiger partial charge in [-0.15, -0.1) is 0 Å². The van der Waals surface area contributed by atoms with Gasteiger partial charge in [-0.1, -0.05) is 12.8 Å². The average molecular weight is 597 g/mol. The number of nitrogens with zero attached hydrogens (tertiary/aromatic N) is 4. The van der Waals surface area contributed by atoms with Gasteiger partial charge >= 0.3 is 6.18 Å². The van der Waals surface area contributed by atoms with E-state index >= 15 is 0 Å². The van der Waals surface area contributed by atoms with Crippen molar-refractivity contribution in [3.05, 3.63) is 47.3 Å². The summed E-state index contributed by atoms with van der Waals surface area (Å²) in [5, 5.41) is 5.12. The van der Waals surface area contributed by atoms with Crippen LogP contribution in [0.4, 0.5) is 33.6 Å². The lowest BCUT2D eigenvalue weighted by Crippen LogP contribution is -2.44. The third-order valence-corrected chi connectivity index (χ3v) is 8.25. The molecule has 2 aromatic rings. The second kappa shape index (κ2) is 13.7. The Bertz CT molecular complexity index is 1220. The first kappa shape index (κ1) is 31.6. The summed E-state index contributed by atoms with van der Waals surface area (Å²) in [6, 6.07) is 6.73. The molecule has 1 aliphatic carbocycles. The van der Waals surface area contributed by atoms with Crippen molar-refractivity contribution in [3.63, 3.8) is 0 Å². The topological polar surface area (TPSA) is 90.5 Å². The van der Waals surface area contributed by atoms with Gasteiger partial charge in [0.25, 0.3) is 12.3 Å². The maximum atomic E-state index is 13.9. The lowest BCUT2D eigenvalue weighted by molar-refractivity contribution is -0.138. The zero-order chi connectivity index (χ0) is 30.4. The maximum Gasteiger partial charge on any atom is 0.419 e. The van der Waals surface area contributed by atoms with Gasteiger partial charge in [-0.25, -0.2) is 18.7 Å². The zero-order valence-corrected chi connectivity index (χ0v) is 23.8. The van der Waals surface area contributed by atoms with E-state index in [1.165, 1.54) is 0 Å². The predicted molar refractivity (Wildman–Crippen MR) is 148 cm³/mol. The Balaban J connectivity index is 1.47. The first-order chi connectivity index (χ1) is 19.9. The molecule has 2 N–H and O–H groups in total. The number of aromatic nitrogens is 2. The number of alkyl halides is 5. The smallest absolute Gasteiger partial charge is 0.350 e. The molecule has 0 unspecified atom stereocenters. The number of rotatable bonds is 9. The fourth-order valence-electron chi connectivity index (χ4n) is 5.80. The highest BCUT2D eigenvalue weighted by molar-refractivity contribution is 5.94. The molecule has 2 atom stereocenters. The molecule has 2 aliphatic rings. The molecule has 0 spiro atoms. The van der Waals surface area contributed by atoms with Crippen LogP contribution in [-0.4, -0.2) is 77.8 Å². The molecule has 230 valence electrons. The number of hydrogen-bond donors (Lipinski definition) is 2. The number of carbonyl (C=O) groups excluding carboxylic acids is 2. The Kier molecular flexibility index (Phi) is 10.3. The van der Waals surface area contributed by atoms with E-state index in [0.29, 0.717) is 36.7 Å². The fraction of sp³-hybridized carbons (Fsp3) is 0.586. The van der Waals surface area contributed by atoms with Crippen molar-refractivity contribution in [1.29, 1.82) is 0 Å². The molecule has 1 aliphatic heterocycles. The Morgan fingerprint density at radius 1 is 1.07 bits per heavy atom. The standard InChI is InChI=1S/C29H37F5N6O2/c1-39-13-11-21(12-14-39)40(2)27(42)18-7-9-20(10-8-18)37-28-36-16-23(29(32,33)34)24(38-28)15-19-5-3-4-6-22(19)26(41)35-17-25(30)31/h7-10,16,19,21-22,25H,3-6,11-15,17H2,1-2H3,(H,35,41)(H,36,37,38)/t19-,22-/m0/s1. The highest BCUT2D eigenvalue weighted by atomic mass is 19.4. The Morgan fingerprint density at radius 3 is 2.38 bits per heavy atom. The molecular weight excluding hydrogens is 559 g/mol. The van der Waals surface area contributed by atoms with Gasteiger partial charge in [0.15, 0.2) is 0 Å². The quantitative estimate of drug-likeness (QED) is 0.390. The molecule has 0 radical (unpaired) electrons. The van der Waals surface area contributed by atoms with Gasteiger partial charge in [0.05, 0.1) is 17.8 Å². The molecule has 2 amide bonds. The van der Waals surface area contributed by atoms with E-state index in [-0.39, 0.29) is 30.0 Å². The van der Waals surface area contributed by atoms with Crippen LogP contribution in [0, 0.1) is 11.8 Å². The van der Waals surface area contributed by atoms with Crippen molar-refractivity contribution >= 4 is 23.5 Å². The second-order valence-electron chi connectivity index (χ2n) is 11.2. The second-order valence-corrected chi connectivity index (χ2v) is 11.2. The number of halogens is 5. The fourth-order valence-corrected chi connectivity index (χ4v) is 5.80. The number of benzene rings is 1. The monoisotopic (exact) mass is 596 g/mol. The van der Waals surface area contributed by atoms with E-state index in [2.05, 4.69) is 32.5 Å². The molecule has 8 nitrogen and oxygen atoms in total. The molecular formula is C29H37F5N6O2. The molecule has 2 heterocycles. The summed E-state index contributed by atoms with van der Waals surface area (Å²) >= 11 is 0. The van der Waals surface area contributed by atoms with Gasteiger partial charge in [-0.3, -0.25) is 9.59 Å². The van der Waals surface area contributed by atoms with Crippen molar-refractivity contribution in [2.24, 2.45) is 11.8 Å². The van der Waals surface area contributed by atoms with E-state index < -0.39 is 42.5 Å². The first-order valence-corrected chi connectivity index (χ1v) is 14.2. The number of anilines is 2.